The van der Waals surface area contributed by atoms with Gasteiger partial charge in [-0.3, -0.25) is 4.79 Å². The highest BCUT2D eigenvalue weighted by molar-refractivity contribution is 7.89. The highest BCUT2D eigenvalue weighted by Crippen LogP contribution is 2.26. The molecule has 1 amide bonds. The van der Waals surface area contributed by atoms with Gasteiger partial charge in [0.05, 0.1) is 4.90 Å². The molecule has 1 aromatic heterocycles. The van der Waals surface area contributed by atoms with E-state index >= 15 is 0 Å². The van der Waals surface area contributed by atoms with Gasteiger partial charge in [-0.2, -0.15) is 0 Å². The summed E-state index contributed by atoms with van der Waals surface area (Å²) >= 11 is 0. The first-order valence-corrected chi connectivity index (χ1v) is 13.8. The largest absolute Gasteiger partial charge is 0.351 e. The quantitative estimate of drug-likeness (QED) is 0.456. The summed E-state index contributed by atoms with van der Waals surface area (Å²) in [4.78, 5) is 16.0. The van der Waals surface area contributed by atoms with Gasteiger partial charge in [0.2, 0.25) is 10.0 Å². The molecule has 7 nitrogen and oxygen atoms in total. The van der Waals surface area contributed by atoms with Crippen LogP contribution in [-0.4, -0.2) is 67.9 Å². The molecule has 2 aromatic carbocycles. The zero-order chi connectivity index (χ0) is 25.0. The van der Waals surface area contributed by atoms with Gasteiger partial charge in [0, 0.05) is 50.7 Å². The molecule has 1 fully saturated rings. The minimum atomic E-state index is -3.57. The summed E-state index contributed by atoms with van der Waals surface area (Å²) in [5.74, 6) is -0.138. The van der Waals surface area contributed by atoms with E-state index in [1.807, 2.05) is 34.9 Å². The lowest BCUT2D eigenvalue weighted by Gasteiger charge is -2.33. The summed E-state index contributed by atoms with van der Waals surface area (Å²) in [6, 6.07) is 17.4. The number of piperidine rings is 1. The van der Waals surface area contributed by atoms with Gasteiger partial charge in [0.1, 0.15) is 5.69 Å². The van der Waals surface area contributed by atoms with E-state index in [4.69, 9.17) is 0 Å². The molecule has 3 aromatic rings. The Morgan fingerprint density at radius 3 is 2.57 bits per heavy atom. The van der Waals surface area contributed by atoms with Gasteiger partial charge in [0.25, 0.3) is 5.91 Å². The normalized spacial score (nSPS) is 17.2. The summed E-state index contributed by atoms with van der Waals surface area (Å²) < 4.78 is 28.5. The van der Waals surface area contributed by atoms with E-state index in [1.165, 1.54) is 37.7 Å². The van der Waals surface area contributed by atoms with Crippen LogP contribution in [0.25, 0.3) is 10.9 Å². The number of rotatable bonds is 9. The molecule has 188 valence electrons. The third-order valence-electron chi connectivity index (χ3n) is 6.92. The molecule has 0 spiro atoms. The van der Waals surface area contributed by atoms with Crippen LogP contribution in [0, 0.1) is 0 Å². The summed E-state index contributed by atoms with van der Waals surface area (Å²) in [6.07, 6.45) is 4.71. The lowest BCUT2D eigenvalue weighted by atomic mass is 10.0. The fraction of sp³-hybridized carbons (Fsp3) is 0.444. The van der Waals surface area contributed by atoms with Crippen LogP contribution >= 0.6 is 0 Å². The van der Waals surface area contributed by atoms with Crippen molar-refractivity contribution >= 4 is 26.8 Å². The Kier molecular flexibility index (Phi) is 7.94. The number of aromatic nitrogens is 1. The highest BCUT2D eigenvalue weighted by Gasteiger charge is 2.21. The van der Waals surface area contributed by atoms with Crippen molar-refractivity contribution in [2.45, 2.75) is 50.1 Å². The molecule has 1 aliphatic heterocycles. The second-order valence-electron chi connectivity index (χ2n) is 9.60. The summed E-state index contributed by atoms with van der Waals surface area (Å²) in [7, 11) is -0.530. The number of fused-ring (bicyclic) bond motifs is 1. The van der Waals surface area contributed by atoms with Crippen LogP contribution in [0.5, 0.6) is 0 Å². The van der Waals surface area contributed by atoms with Crippen LogP contribution in [0.2, 0.25) is 0 Å². The maximum absolute atomic E-state index is 13.3. The molecule has 0 bridgehead atoms. The highest BCUT2D eigenvalue weighted by atomic mass is 32.2. The van der Waals surface area contributed by atoms with Crippen molar-refractivity contribution in [2.24, 2.45) is 0 Å². The van der Waals surface area contributed by atoms with Crippen molar-refractivity contribution in [2.75, 3.05) is 33.7 Å². The van der Waals surface area contributed by atoms with Gasteiger partial charge in [0.15, 0.2) is 0 Å². The number of amides is 1. The molecule has 2 heterocycles. The van der Waals surface area contributed by atoms with E-state index in [0.29, 0.717) is 24.8 Å². The SMILES string of the molecule is C[C@@H]1CCCCN1CCCNC(=O)c1cc2cc(S(=O)(=O)N(C)C)ccc2n1Cc1ccccc1. The molecule has 0 saturated carbocycles. The van der Waals surface area contributed by atoms with Gasteiger partial charge in [-0.25, -0.2) is 12.7 Å². The van der Waals surface area contributed by atoms with Crippen molar-refractivity contribution < 1.29 is 13.2 Å². The minimum absolute atomic E-state index is 0.138. The fourth-order valence-corrected chi connectivity index (χ4v) is 5.75. The Bertz CT molecular complexity index is 1270. The molecule has 0 unspecified atom stereocenters. The molecule has 1 atom stereocenters. The third kappa shape index (κ3) is 5.77. The Labute approximate surface area is 208 Å². The van der Waals surface area contributed by atoms with Crippen molar-refractivity contribution in [3.05, 3.63) is 65.9 Å². The fourth-order valence-electron chi connectivity index (χ4n) is 4.81. The Morgan fingerprint density at radius 1 is 1.09 bits per heavy atom. The second kappa shape index (κ2) is 10.9. The topological polar surface area (TPSA) is 74.7 Å². The molecular weight excluding hydrogens is 460 g/mol. The zero-order valence-electron chi connectivity index (χ0n) is 20.9. The maximum Gasteiger partial charge on any atom is 0.267 e. The van der Waals surface area contributed by atoms with E-state index in [0.717, 1.165) is 36.0 Å². The van der Waals surface area contributed by atoms with Gasteiger partial charge in [-0.1, -0.05) is 36.8 Å². The van der Waals surface area contributed by atoms with Crippen LogP contribution in [0.15, 0.2) is 59.5 Å². The lowest BCUT2D eigenvalue weighted by molar-refractivity contribution is 0.0940. The second-order valence-corrected chi connectivity index (χ2v) is 11.8. The number of carbonyl (C=O) groups excluding carboxylic acids is 1. The van der Waals surface area contributed by atoms with Crippen LogP contribution in [0.4, 0.5) is 0 Å². The van der Waals surface area contributed by atoms with Crippen molar-refractivity contribution in [3.8, 4) is 0 Å². The molecule has 8 heteroatoms. The average Bonchev–Trinajstić information content (AvgIpc) is 3.21. The Hall–Kier alpha value is -2.68. The monoisotopic (exact) mass is 496 g/mol. The van der Waals surface area contributed by atoms with Crippen LogP contribution in [-0.2, 0) is 16.6 Å². The van der Waals surface area contributed by atoms with Gasteiger partial charge < -0.3 is 14.8 Å². The van der Waals surface area contributed by atoms with Crippen molar-refractivity contribution in [1.82, 2.24) is 19.1 Å². The molecule has 0 radical (unpaired) electrons. The zero-order valence-corrected chi connectivity index (χ0v) is 21.7. The predicted molar refractivity (Wildman–Crippen MR) is 140 cm³/mol. The molecule has 1 saturated heterocycles. The van der Waals surface area contributed by atoms with Crippen LogP contribution in [0.1, 0.15) is 48.7 Å². The van der Waals surface area contributed by atoms with E-state index in [1.54, 1.807) is 24.3 Å². The third-order valence-corrected chi connectivity index (χ3v) is 8.73. The van der Waals surface area contributed by atoms with Crippen molar-refractivity contribution in [3.63, 3.8) is 0 Å². The number of benzene rings is 2. The summed E-state index contributed by atoms with van der Waals surface area (Å²) in [5, 5.41) is 3.82. The van der Waals surface area contributed by atoms with E-state index in [9.17, 15) is 13.2 Å². The summed E-state index contributed by atoms with van der Waals surface area (Å²) in [6.45, 7) is 5.54. The number of carbonyl (C=O) groups is 1. The van der Waals surface area contributed by atoms with Crippen LogP contribution < -0.4 is 5.32 Å². The molecule has 0 aliphatic carbocycles. The number of nitrogens with zero attached hydrogens (tertiary/aromatic N) is 3. The standard InChI is InChI=1S/C27H36N4O3S/c1-21-10-7-8-16-30(21)17-9-15-28-27(32)26-19-23-18-24(35(33,34)29(2)3)13-14-25(23)31(26)20-22-11-5-4-6-12-22/h4-6,11-14,18-19,21H,7-10,15-17,20H2,1-3H3,(H,28,32)/t21-/m1/s1. The predicted octanol–water partition coefficient (Wildman–Crippen LogP) is 3.93. The number of nitrogens with one attached hydrogen (secondary N) is 1. The molecule has 1 N–H and O–H groups in total. The van der Waals surface area contributed by atoms with Gasteiger partial charge >= 0.3 is 0 Å². The van der Waals surface area contributed by atoms with Gasteiger partial charge in [-0.05, 0) is 62.6 Å². The maximum atomic E-state index is 13.3. The molecule has 4 rings (SSSR count). The molecule has 35 heavy (non-hydrogen) atoms. The number of likely N-dealkylation sites (tertiary alicyclic amines) is 1. The van der Waals surface area contributed by atoms with E-state index in [2.05, 4.69) is 17.1 Å². The molecule has 1 aliphatic rings. The number of hydrogen-bond donors (Lipinski definition) is 1. The number of hydrogen-bond acceptors (Lipinski definition) is 4. The first-order chi connectivity index (χ1) is 16.8. The van der Waals surface area contributed by atoms with E-state index in [-0.39, 0.29) is 10.8 Å². The minimum Gasteiger partial charge on any atom is -0.351 e. The van der Waals surface area contributed by atoms with Crippen molar-refractivity contribution in [1.29, 1.82) is 0 Å². The van der Waals surface area contributed by atoms with E-state index < -0.39 is 10.0 Å². The lowest BCUT2D eigenvalue weighted by Crippen LogP contribution is -2.39. The number of sulfonamides is 1. The van der Waals surface area contributed by atoms with Crippen LogP contribution in [0.3, 0.4) is 0 Å². The summed E-state index contributed by atoms with van der Waals surface area (Å²) in [5.41, 5.74) is 2.44. The Morgan fingerprint density at radius 2 is 1.86 bits per heavy atom. The molecular formula is C27H36N4O3S. The smallest absolute Gasteiger partial charge is 0.267 e. The van der Waals surface area contributed by atoms with Gasteiger partial charge in [-0.15, -0.1) is 0 Å². The first-order valence-electron chi connectivity index (χ1n) is 12.4. The first kappa shape index (κ1) is 25.4. The Balaban J connectivity index is 1.56. The average molecular weight is 497 g/mol.